The Morgan fingerprint density at radius 2 is 1.55 bits per heavy atom. The zero-order valence-electron chi connectivity index (χ0n) is 15.6. The maximum absolute atomic E-state index is 12.5. The van der Waals surface area contributed by atoms with Crippen LogP contribution in [0.25, 0.3) is 0 Å². The van der Waals surface area contributed by atoms with Crippen molar-refractivity contribution < 1.29 is 8.42 Å². The molecule has 0 saturated carbocycles. The Kier molecular flexibility index (Phi) is 6.31. The van der Waals surface area contributed by atoms with Crippen molar-refractivity contribution in [2.45, 2.75) is 18.7 Å². The van der Waals surface area contributed by atoms with E-state index in [1.165, 1.54) is 29.8 Å². The standard InChI is InChI=1S/C19H18ClN5O2S2/c1-12-3-4-15(11-13(12)2)22-19(28)21-14-5-7-16(8-6-14)29(26,27)25-18-10-9-17(20)23-24-18/h3-11H,1-2H3,(H,24,25)(H2,21,22,28). The van der Waals surface area contributed by atoms with Crippen molar-refractivity contribution >= 4 is 56.1 Å². The van der Waals surface area contributed by atoms with Crippen molar-refractivity contribution in [2.24, 2.45) is 0 Å². The minimum Gasteiger partial charge on any atom is -0.332 e. The number of benzene rings is 2. The van der Waals surface area contributed by atoms with E-state index in [4.69, 9.17) is 23.8 Å². The maximum atomic E-state index is 12.5. The molecule has 0 unspecified atom stereocenters. The number of nitrogens with zero attached hydrogens (tertiary/aromatic N) is 2. The van der Waals surface area contributed by atoms with Crippen LogP contribution in [0.1, 0.15) is 11.1 Å². The summed E-state index contributed by atoms with van der Waals surface area (Å²) in [5.41, 5.74) is 3.88. The molecule has 3 N–H and O–H groups in total. The monoisotopic (exact) mass is 447 g/mol. The van der Waals surface area contributed by atoms with Crippen LogP contribution >= 0.6 is 23.8 Å². The van der Waals surface area contributed by atoms with Gasteiger partial charge in [0.25, 0.3) is 10.0 Å². The van der Waals surface area contributed by atoms with Crippen molar-refractivity contribution in [1.82, 2.24) is 10.2 Å². The highest BCUT2D eigenvalue weighted by Gasteiger charge is 2.15. The predicted molar refractivity (Wildman–Crippen MR) is 120 cm³/mol. The lowest BCUT2D eigenvalue weighted by molar-refractivity contribution is 0.601. The first-order valence-corrected chi connectivity index (χ1v) is 10.8. The van der Waals surface area contributed by atoms with Gasteiger partial charge in [0.05, 0.1) is 4.90 Å². The van der Waals surface area contributed by atoms with Crippen LogP contribution in [0, 0.1) is 13.8 Å². The molecule has 0 saturated heterocycles. The van der Waals surface area contributed by atoms with Crippen LogP contribution in [-0.4, -0.2) is 23.7 Å². The molecule has 0 radical (unpaired) electrons. The smallest absolute Gasteiger partial charge is 0.263 e. The van der Waals surface area contributed by atoms with E-state index in [1.54, 1.807) is 12.1 Å². The summed E-state index contributed by atoms with van der Waals surface area (Å²) in [4.78, 5) is 0.0767. The third kappa shape index (κ3) is 5.63. The summed E-state index contributed by atoms with van der Waals surface area (Å²) in [6.45, 7) is 4.07. The molecule has 0 spiro atoms. The van der Waals surface area contributed by atoms with E-state index >= 15 is 0 Å². The van der Waals surface area contributed by atoms with E-state index < -0.39 is 10.0 Å². The van der Waals surface area contributed by atoms with Crippen LogP contribution in [0.5, 0.6) is 0 Å². The summed E-state index contributed by atoms with van der Waals surface area (Å²) >= 11 is 11.0. The Morgan fingerprint density at radius 1 is 0.897 bits per heavy atom. The summed E-state index contributed by atoms with van der Waals surface area (Å²) in [5.74, 6) is 0.0790. The maximum Gasteiger partial charge on any atom is 0.263 e. The van der Waals surface area contributed by atoms with E-state index in [1.807, 2.05) is 32.0 Å². The normalized spacial score (nSPS) is 11.0. The number of hydrogen-bond donors (Lipinski definition) is 3. The molecule has 10 heteroatoms. The van der Waals surface area contributed by atoms with Gasteiger partial charge in [0.15, 0.2) is 16.1 Å². The highest BCUT2D eigenvalue weighted by molar-refractivity contribution is 7.92. The molecular weight excluding hydrogens is 430 g/mol. The quantitative estimate of drug-likeness (QED) is 0.500. The van der Waals surface area contributed by atoms with Gasteiger partial charge in [0.2, 0.25) is 0 Å². The molecule has 0 aliphatic rings. The van der Waals surface area contributed by atoms with Gasteiger partial charge in [-0.3, -0.25) is 4.72 Å². The van der Waals surface area contributed by atoms with Gasteiger partial charge in [-0.1, -0.05) is 17.7 Å². The molecule has 1 aromatic heterocycles. The van der Waals surface area contributed by atoms with Gasteiger partial charge in [0, 0.05) is 11.4 Å². The van der Waals surface area contributed by atoms with Crippen molar-refractivity contribution in [3.8, 4) is 0 Å². The fourth-order valence-corrected chi connectivity index (χ4v) is 3.73. The van der Waals surface area contributed by atoms with Gasteiger partial charge >= 0.3 is 0 Å². The van der Waals surface area contributed by atoms with Crippen LogP contribution in [0.15, 0.2) is 59.5 Å². The van der Waals surface area contributed by atoms with Gasteiger partial charge in [-0.25, -0.2) is 8.42 Å². The molecule has 150 valence electrons. The third-order valence-corrected chi connectivity index (χ3v) is 5.83. The lowest BCUT2D eigenvalue weighted by Gasteiger charge is -2.12. The number of anilines is 3. The molecule has 0 amide bonds. The molecule has 0 atom stereocenters. The van der Waals surface area contributed by atoms with Gasteiger partial charge in [0.1, 0.15) is 0 Å². The van der Waals surface area contributed by atoms with Gasteiger partial charge < -0.3 is 10.6 Å². The molecule has 0 aliphatic heterocycles. The number of aromatic nitrogens is 2. The molecule has 3 aromatic rings. The number of thiocarbonyl (C=S) groups is 1. The summed E-state index contributed by atoms with van der Waals surface area (Å²) in [6.07, 6.45) is 0. The van der Waals surface area contributed by atoms with E-state index in [2.05, 4.69) is 25.6 Å². The largest absolute Gasteiger partial charge is 0.332 e. The molecule has 2 aromatic carbocycles. The first-order chi connectivity index (χ1) is 13.7. The fourth-order valence-electron chi connectivity index (χ4n) is 2.40. The van der Waals surface area contributed by atoms with Crippen LogP contribution in [0.4, 0.5) is 17.2 Å². The molecule has 3 rings (SSSR count). The van der Waals surface area contributed by atoms with Gasteiger partial charge in [-0.15, -0.1) is 10.2 Å². The number of aryl methyl sites for hydroxylation is 2. The van der Waals surface area contributed by atoms with Crippen LogP contribution < -0.4 is 15.4 Å². The molecule has 0 fully saturated rings. The highest BCUT2D eigenvalue weighted by atomic mass is 35.5. The number of nitrogens with one attached hydrogen (secondary N) is 3. The third-order valence-electron chi connectivity index (χ3n) is 4.06. The fraction of sp³-hybridized carbons (Fsp3) is 0.105. The topological polar surface area (TPSA) is 96.0 Å². The van der Waals surface area contributed by atoms with Crippen LogP contribution in [0.3, 0.4) is 0 Å². The van der Waals surface area contributed by atoms with Crippen molar-refractivity contribution in [3.05, 3.63) is 70.9 Å². The number of sulfonamides is 1. The molecular formula is C19H18ClN5O2S2. The average Bonchev–Trinajstić information content (AvgIpc) is 2.67. The minimum atomic E-state index is -3.80. The van der Waals surface area contributed by atoms with Gasteiger partial charge in [-0.2, -0.15) is 0 Å². The second-order valence-electron chi connectivity index (χ2n) is 6.25. The Bertz CT molecular complexity index is 1130. The molecule has 1 heterocycles. The van der Waals surface area contributed by atoms with Gasteiger partial charge in [-0.05, 0) is 85.7 Å². The van der Waals surface area contributed by atoms with Crippen molar-refractivity contribution in [3.63, 3.8) is 0 Å². The zero-order valence-corrected chi connectivity index (χ0v) is 18.0. The average molecular weight is 448 g/mol. The summed E-state index contributed by atoms with van der Waals surface area (Å²) < 4.78 is 27.2. The number of hydrogen-bond acceptors (Lipinski definition) is 5. The Labute approximate surface area is 179 Å². The molecule has 7 nitrogen and oxygen atoms in total. The van der Waals surface area contributed by atoms with E-state index in [-0.39, 0.29) is 15.9 Å². The summed E-state index contributed by atoms with van der Waals surface area (Å²) in [5, 5.41) is 14.0. The van der Waals surface area contributed by atoms with Crippen LogP contribution in [-0.2, 0) is 10.0 Å². The SMILES string of the molecule is Cc1ccc(NC(=S)Nc2ccc(S(=O)(=O)Nc3ccc(Cl)nn3)cc2)cc1C. The van der Waals surface area contributed by atoms with E-state index in [0.29, 0.717) is 10.8 Å². The minimum absolute atomic E-state index is 0.0767. The number of rotatable bonds is 5. The van der Waals surface area contributed by atoms with E-state index in [9.17, 15) is 8.42 Å². The zero-order chi connectivity index (χ0) is 21.0. The molecule has 0 bridgehead atoms. The first kappa shape index (κ1) is 21.0. The Morgan fingerprint density at radius 3 is 2.17 bits per heavy atom. The lowest BCUT2D eigenvalue weighted by Crippen LogP contribution is -2.19. The summed E-state index contributed by atoms with van der Waals surface area (Å²) in [6, 6.07) is 15.0. The number of halogens is 1. The van der Waals surface area contributed by atoms with Crippen LogP contribution in [0.2, 0.25) is 5.15 Å². The first-order valence-electron chi connectivity index (χ1n) is 8.50. The van der Waals surface area contributed by atoms with Crippen molar-refractivity contribution in [1.29, 1.82) is 0 Å². The summed E-state index contributed by atoms with van der Waals surface area (Å²) in [7, 11) is -3.80. The predicted octanol–water partition coefficient (Wildman–Crippen LogP) is 4.36. The lowest BCUT2D eigenvalue weighted by atomic mass is 10.1. The van der Waals surface area contributed by atoms with E-state index in [0.717, 1.165) is 11.3 Å². The second-order valence-corrected chi connectivity index (χ2v) is 8.73. The molecule has 0 aliphatic carbocycles. The Balaban J connectivity index is 1.65. The molecule has 29 heavy (non-hydrogen) atoms. The van der Waals surface area contributed by atoms with Crippen molar-refractivity contribution in [2.75, 3.05) is 15.4 Å². The highest BCUT2D eigenvalue weighted by Crippen LogP contribution is 2.18. The second kappa shape index (κ2) is 8.73. The Hall–Kier alpha value is -2.75.